The molecule has 1 amide bonds. The van der Waals surface area contributed by atoms with Crippen molar-refractivity contribution in [1.29, 1.82) is 0 Å². The van der Waals surface area contributed by atoms with E-state index in [-0.39, 0.29) is 6.09 Å². The first-order chi connectivity index (χ1) is 10.8. The molecule has 132 valence electrons. The van der Waals surface area contributed by atoms with Crippen LogP contribution in [0.15, 0.2) is 0 Å². The maximum absolute atomic E-state index is 11.4. The minimum absolute atomic E-state index is 0.250. The van der Waals surface area contributed by atoms with Crippen LogP contribution in [0.25, 0.3) is 0 Å². The van der Waals surface area contributed by atoms with Crippen molar-refractivity contribution in [2.75, 3.05) is 18.5 Å². The van der Waals surface area contributed by atoms with Gasteiger partial charge in [0.15, 0.2) is 0 Å². The monoisotopic (exact) mass is 377 g/mol. The van der Waals surface area contributed by atoms with E-state index in [1.54, 1.807) is 0 Å². The summed E-state index contributed by atoms with van der Waals surface area (Å²) < 4.78 is 5.14. The number of unbranched alkanes of at least 4 members (excludes halogenated alkanes) is 11. The van der Waals surface area contributed by atoms with Gasteiger partial charge in [0.05, 0.1) is 6.61 Å². The van der Waals surface area contributed by atoms with Gasteiger partial charge in [-0.25, -0.2) is 4.79 Å². The fraction of sp³-hybridized carbons (Fsp3) is 0.944. The van der Waals surface area contributed by atoms with E-state index in [1.165, 1.54) is 64.2 Å². The zero-order valence-corrected chi connectivity index (χ0v) is 16.1. The highest BCUT2D eigenvalue weighted by molar-refractivity contribution is 9.09. The number of hydrogen-bond acceptors (Lipinski definition) is 2. The van der Waals surface area contributed by atoms with E-state index in [2.05, 4.69) is 28.2 Å². The fourth-order valence-electron chi connectivity index (χ4n) is 2.39. The zero-order valence-electron chi connectivity index (χ0n) is 14.5. The van der Waals surface area contributed by atoms with E-state index >= 15 is 0 Å². The maximum atomic E-state index is 11.4. The molecule has 0 bridgehead atoms. The Morgan fingerprint density at radius 1 is 0.818 bits per heavy atom. The normalized spacial score (nSPS) is 10.6. The highest BCUT2D eigenvalue weighted by Gasteiger charge is 2.00. The van der Waals surface area contributed by atoms with Crippen LogP contribution in [-0.2, 0) is 4.74 Å². The molecule has 3 nitrogen and oxygen atoms in total. The average molecular weight is 378 g/mol. The van der Waals surface area contributed by atoms with Crippen LogP contribution in [0.3, 0.4) is 0 Å². The van der Waals surface area contributed by atoms with Crippen LogP contribution in [-0.4, -0.2) is 24.6 Å². The van der Waals surface area contributed by atoms with Gasteiger partial charge in [-0.2, -0.15) is 0 Å². The molecule has 0 saturated heterocycles. The Morgan fingerprint density at radius 3 is 2.00 bits per heavy atom. The molecule has 0 aromatic carbocycles. The second-order valence-electron chi connectivity index (χ2n) is 5.99. The molecule has 0 spiro atoms. The summed E-state index contributed by atoms with van der Waals surface area (Å²) in [5, 5.41) is 3.90. The molecule has 0 aromatic rings. The average Bonchev–Trinajstić information content (AvgIpc) is 2.52. The molecule has 22 heavy (non-hydrogen) atoms. The number of alkyl halides is 1. The molecule has 0 aromatic heterocycles. The second-order valence-corrected chi connectivity index (χ2v) is 6.79. The molecule has 0 aliphatic carbocycles. The third-order valence-electron chi connectivity index (χ3n) is 3.81. The summed E-state index contributed by atoms with van der Waals surface area (Å²) in [5.74, 6) is 0. The number of carbonyl (C=O) groups is 1. The van der Waals surface area contributed by atoms with Gasteiger partial charge in [-0.1, -0.05) is 87.1 Å². The highest BCUT2D eigenvalue weighted by atomic mass is 79.9. The molecule has 4 heteroatoms. The lowest BCUT2D eigenvalue weighted by Crippen LogP contribution is -2.25. The smallest absolute Gasteiger partial charge is 0.407 e. The van der Waals surface area contributed by atoms with Gasteiger partial charge in [-0.05, 0) is 19.3 Å². The molecule has 0 aliphatic heterocycles. The number of ether oxygens (including phenoxy) is 1. The van der Waals surface area contributed by atoms with Crippen molar-refractivity contribution in [1.82, 2.24) is 5.32 Å². The molecule has 0 radical (unpaired) electrons. The summed E-state index contributed by atoms with van der Waals surface area (Å²) in [6, 6.07) is 0. The molecule has 0 heterocycles. The Bertz CT molecular complexity index is 237. The van der Waals surface area contributed by atoms with Gasteiger partial charge in [-0.15, -0.1) is 0 Å². The minimum atomic E-state index is -0.250. The van der Waals surface area contributed by atoms with Gasteiger partial charge < -0.3 is 10.1 Å². The SMILES string of the molecule is CCCCCCCCCCCNC(=O)OCCCCCCBr. The number of rotatable bonds is 16. The first-order valence-corrected chi connectivity index (χ1v) is 10.4. The van der Waals surface area contributed by atoms with Crippen LogP contribution in [0, 0.1) is 0 Å². The van der Waals surface area contributed by atoms with Crippen LogP contribution in [0.5, 0.6) is 0 Å². The molecule has 0 saturated carbocycles. The summed E-state index contributed by atoms with van der Waals surface area (Å²) in [6.07, 6.45) is 16.0. The standard InChI is InChI=1S/C18H36BrNO2/c1-2-3-4-5-6-7-8-10-13-16-20-18(21)22-17-14-11-9-12-15-19/h2-17H2,1H3,(H,20,21). The van der Waals surface area contributed by atoms with E-state index < -0.39 is 0 Å². The predicted octanol–water partition coefficient (Wildman–Crippen LogP) is 6.20. The number of amides is 1. The van der Waals surface area contributed by atoms with Gasteiger partial charge in [0.2, 0.25) is 0 Å². The Balaban J connectivity index is 3.12. The van der Waals surface area contributed by atoms with E-state index in [0.717, 1.165) is 31.1 Å². The van der Waals surface area contributed by atoms with Crippen molar-refractivity contribution in [3.63, 3.8) is 0 Å². The molecule has 0 aliphatic rings. The van der Waals surface area contributed by atoms with Gasteiger partial charge in [0.1, 0.15) is 0 Å². The van der Waals surface area contributed by atoms with Crippen LogP contribution < -0.4 is 5.32 Å². The lowest BCUT2D eigenvalue weighted by atomic mass is 10.1. The predicted molar refractivity (Wildman–Crippen MR) is 98.8 cm³/mol. The summed E-state index contributed by atoms with van der Waals surface area (Å²) in [4.78, 5) is 11.4. The number of hydrogen-bond donors (Lipinski definition) is 1. The summed E-state index contributed by atoms with van der Waals surface area (Å²) >= 11 is 3.41. The third-order valence-corrected chi connectivity index (χ3v) is 4.37. The Morgan fingerprint density at radius 2 is 1.36 bits per heavy atom. The Hall–Kier alpha value is -0.250. The van der Waals surface area contributed by atoms with Crippen molar-refractivity contribution in [2.45, 2.75) is 90.4 Å². The zero-order chi connectivity index (χ0) is 16.3. The molecular formula is C18H36BrNO2. The lowest BCUT2D eigenvalue weighted by molar-refractivity contribution is 0.143. The van der Waals surface area contributed by atoms with Gasteiger partial charge in [-0.3, -0.25) is 0 Å². The van der Waals surface area contributed by atoms with E-state index in [0.29, 0.717) is 6.61 Å². The summed E-state index contributed by atoms with van der Waals surface area (Å²) in [7, 11) is 0. The largest absolute Gasteiger partial charge is 0.450 e. The Kier molecular flexibility index (Phi) is 18.6. The summed E-state index contributed by atoms with van der Waals surface area (Å²) in [5.41, 5.74) is 0. The number of alkyl carbamates (subject to hydrolysis) is 1. The van der Waals surface area contributed by atoms with Crippen molar-refractivity contribution in [2.24, 2.45) is 0 Å². The van der Waals surface area contributed by atoms with Gasteiger partial charge >= 0.3 is 6.09 Å². The first kappa shape index (κ1) is 21.8. The van der Waals surface area contributed by atoms with Crippen LogP contribution in [0.2, 0.25) is 0 Å². The molecule has 0 rings (SSSR count). The number of carbonyl (C=O) groups excluding carboxylic acids is 1. The number of halogens is 1. The fourth-order valence-corrected chi connectivity index (χ4v) is 2.79. The van der Waals surface area contributed by atoms with E-state index in [4.69, 9.17) is 4.74 Å². The second kappa shape index (κ2) is 18.8. The lowest BCUT2D eigenvalue weighted by Gasteiger charge is -2.07. The van der Waals surface area contributed by atoms with Crippen LogP contribution >= 0.6 is 15.9 Å². The van der Waals surface area contributed by atoms with Gasteiger partial charge in [0, 0.05) is 11.9 Å². The third kappa shape index (κ3) is 17.8. The topological polar surface area (TPSA) is 38.3 Å². The van der Waals surface area contributed by atoms with Crippen molar-refractivity contribution in [3.05, 3.63) is 0 Å². The minimum Gasteiger partial charge on any atom is -0.450 e. The molecule has 0 fully saturated rings. The summed E-state index contributed by atoms with van der Waals surface area (Å²) in [6.45, 7) is 3.55. The van der Waals surface area contributed by atoms with Gasteiger partial charge in [0.25, 0.3) is 0 Å². The molecule has 0 unspecified atom stereocenters. The maximum Gasteiger partial charge on any atom is 0.407 e. The quantitative estimate of drug-likeness (QED) is 0.257. The first-order valence-electron chi connectivity index (χ1n) is 9.27. The van der Waals surface area contributed by atoms with E-state index in [1.807, 2.05) is 0 Å². The Labute approximate surface area is 146 Å². The highest BCUT2D eigenvalue weighted by Crippen LogP contribution is 2.09. The van der Waals surface area contributed by atoms with Crippen molar-refractivity contribution in [3.8, 4) is 0 Å². The molecule has 0 atom stereocenters. The van der Waals surface area contributed by atoms with Crippen LogP contribution in [0.1, 0.15) is 90.4 Å². The van der Waals surface area contributed by atoms with Crippen molar-refractivity contribution >= 4 is 22.0 Å². The molecule has 1 N–H and O–H groups in total. The van der Waals surface area contributed by atoms with E-state index in [9.17, 15) is 4.79 Å². The van der Waals surface area contributed by atoms with Crippen LogP contribution in [0.4, 0.5) is 4.79 Å². The van der Waals surface area contributed by atoms with Crippen molar-refractivity contribution < 1.29 is 9.53 Å². The molecular weight excluding hydrogens is 342 g/mol. The number of nitrogens with one attached hydrogen (secondary N) is 1.